The number of aromatic nitrogens is 4. The van der Waals surface area contributed by atoms with E-state index in [9.17, 15) is 10.1 Å². The molecule has 0 atom stereocenters. The third-order valence-corrected chi connectivity index (χ3v) is 3.04. The average molecular weight is 306 g/mol. The van der Waals surface area contributed by atoms with Crippen LogP contribution in [-0.4, -0.2) is 24.6 Å². The van der Waals surface area contributed by atoms with Crippen molar-refractivity contribution in [1.82, 2.24) is 19.7 Å². The van der Waals surface area contributed by atoms with Crippen molar-refractivity contribution in [3.8, 4) is 11.4 Å². The molecule has 0 saturated carbocycles. The van der Waals surface area contributed by atoms with Gasteiger partial charge >= 0.3 is 5.82 Å². The van der Waals surface area contributed by atoms with E-state index in [0.29, 0.717) is 22.3 Å². The zero-order valence-electron chi connectivity index (χ0n) is 10.5. The maximum atomic E-state index is 10.6. The molecular weight excluding hydrogens is 298 g/mol. The van der Waals surface area contributed by atoms with Crippen LogP contribution < -0.4 is 0 Å². The third-order valence-electron chi connectivity index (χ3n) is 2.71. The summed E-state index contributed by atoms with van der Waals surface area (Å²) >= 11 is 6.05. The van der Waals surface area contributed by atoms with E-state index in [1.807, 2.05) is 6.07 Å². The van der Waals surface area contributed by atoms with Crippen LogP contribution in [0.3, 0.4) is 0 Å². The Morgan fingerprint density at radius 2 is 2.19 bits per heavy atom. The Kier molecular flexibility index (Phi) is 3.36. The molecule has 2 aromatic heterocycles. The minimum absolute atomic E-state index is 0.193. The monoisotopic (exact) mass is 305 g/mol. The third kappa shape index (κ3) is 2.75. The number of halogens is 1. The van der Waals surface area contributed by atoms with Crippen LogP contribution in [0.4, 0.5) is 5.82 Å². The van der Waals surface area contributed by atoms with Gasteiger partial charge in [-0.15, -0.1) is 0 Å². The molecule has 0 amide bonds. The largest absolute Gasteiger partial charge is 0.381 e. The standard InChI is InChI=1S/C12H8ClN5O3/c13-9-4-2-1-3-8(9)12-15-11(21-16-12)6-17-5-10(14-7-17)18(19)20/h1-5,7H,6H2. The lowest BCUT2D eigenvalue weighted by molar-refractivity contribution is -0.389. The van der Waals surface area contributed by atoms with E-state index in [-0.39, 0.29) is 12.4 Å². The molecule has 1 aromatic carbocycles. The number of rotatable bonds is 4. The molecule has 106 valence electrons. The second-order valence-electron chi connectivity index (χ2n) is 4.15. The summed E-state index contributed by atoms with van der Waals surface area (Å²) in [6.45, 7) is 0.193. The van der Waals surface area contributed by atoms with Gasteiger partial charge < -0.3 is 19.2 Å². The fraction of sp³-hybridized carbons (Fsp3) is 0.0833. The number of benzene rings is 1. The normalized spacial score (nSPS) is 10.7. The Bertz CT molecular complexity index is 798. The molecule has 0 aliphatic carbocycles. The first-order chi connectivity index (χ1) is 10.1. The van der Waals surface area contributed by atoms with Crippen molar-refractivity contribution in [1.29, 1.82) is 0 Å². The van der Waals surface area contributed by atoms with Crippen molar-refractivity contribution in [2.24, 2.45) is 0 Å². The van der Waals surface area contributed by atoms with Crippen molar-refractivity contribution in [3.05, 3.63) is 57.8 Å². The number of nitrogens with zero attached hydrogens (tertiary/aromatic N) is 5. The highest BCUT2D eigenvalue weighted by atomic mass is 35.5. The van der Waals surface area contributed by atoms with Crippen LogP contribution in [0.5, 0.6) is 0 Å². The maximum absolute atomic E-state index is 10.6. The molecule has 0 bridgehead atoms. The summed E-state index contributed by atoms with van der Waals surface area (Å²) in [4.78, 5) is 17.8. The quantitative estimate of drug-likeness (QED) is 0.542. The molecule has 2 heterocycles. The second kappa shape index (κ2) is 5.33. The number of imidazole rings is 1. The van der Waals surface area contributed by atoms with Crippen molar-refractivity contribution in [2.75, 3.05) is 0 Å². The smallest absolute Gasteiger partial charge is 0.358 e. The number of nitro groups is 1. The Morgan fingerprint density at radius 3 is 2.90 bits per heavy atom. The fourth-order valence-electron chi connectivity index (χ4n) is 1.76. The van der Waals surface area contributed by atoms with E-state index in [1.165, 1.54) is 17.1 Å². The highest BCUT2D eigenvalue weighted by molar-refractivity contribution is 6.33. The van der Waals surface area contributed by atoms with Crippen molar-refractivity contribution >= 4 is 17.4 Å². The van der Waals surface area contributed by atoms with Crippen LogP contribution >= 0.6 is 11.6 Å². The van der Waals surface area contributed by atoms with Gasteiger partial charge in [0.1, 0.15) is 12.7 Å². The molecule has 0 saturated heterocycles. The molecule has 0 radical (unpaired) electrons. The van der Waals surface area contributed by atoms with Gasteiger partial charge in [-0.05, 0) is 22.0 Å². The van der Waals surface area contributed by atoms with Gasteiger partial charge in [-0.3, -0.25) is 0 Å². The van der Waals surface area contributed by atoms with Gasteiger partial charge in [-0.1, -0.05) is 28.9 Å². The molecule has 3 aromatic rings. The minimum Gasteiger partial charge on any atom is -0.358 e. The molecule has 0 aliphatic heterocycles. The Labute approximate surface area is 123 Å². The molecule has 3 rings (SSSR count). The summed E-state index contributed by atoms with van der Waals surface area (Å²) in [5.74, 6) is 0.434. The van der Waals surface area contributed by atoms with Crippen LogP contribution in [0.15, 0.2) is 41.3 Å². The van der Waals surface area contributed by atoms with Crippen molar-refractivity contribution < 1.29 is 9.45 Å². The predicted octanol–water partition coefficient (Wildman–Crippen LogP) is 2.54. The Hall–Kier alpha value is -2.74. The Morgan fingerprint density at radius 1 is 1.38 bits per heavy atom. The van der Waals surface area contributed by atoms with Gasteiger partial charge in [-0.25, -0.2) is 0 Å². The van der Waals surface area contributed by atoms with Gasteiger partial charge in [0.25, 0.3) is 0 Å². The molecule has 8 nitrogen and oxygen atoms in total. The van der Waals surface area contributed by atoms with Gasteiger partial charge in [0.05, 0.1) is 5.02 Å². The summed E-state index contributed by atoms with van der Waals surface area (Å²) in [5, 5.41) is 14.9. The van der Waals surface area contributed by atoms with E-state index in [4.69, 9.17) is 16.1 Å². The Balaban J connectivity index is 1.82. The zero-order valence-corrected chi connectivity index (χ0v) is 11.3. The van der Waals surface area contributed by atoms with Crippen LogP contribution in [0.2, 0.25) is 5.02 Å². The van der Waals surface area contributed by atoms with Gasteiger partial charge in [-0.2, -0.15) is 4.98 Å². The molecule has 0 spiro atoms. The lowest BCUT2D eigenvalue weighted by Gasteiger charge is -1.96. The van der Waals surface area contributed by atoms with E-state index in [2.05, 4.69) is 15.1 Å². The van der Waals surface area contributed by atoms with E-state index < -0.39 is 4.92 Å². The molecule has 21 heavy (non-hydrogen) atoms. The molecule has 0 N–H and O–H groups in total. The van der Waals surface area contributed by atoms with Crippen LogP contribution in [0.25, 0.3) is 11.4 Å². The maximum Gasteiger partial charge on any atom is 0.381 e. The van der Waals surface area contributed by atoms with Crippen LogP contribution in [-0.2, 0) is 6.54 Å². The molecule has 0 aliphatic rings. The van der Waals surface area contributed by atoms with Crippen molar-refractivity contribution in [2.45, 2.75) is 6.54 Å². The summed E-state index contributed by atoms with van der Waals surface area (Å²) in [7, 11) is 0. The highest BCUT2D eigenvalue weighted by Gasteiger charge is 2.14. The first kappa shape index (κ1) is 13.3. The highest BCUT2D eigenvalue weighted by Crippen LogP contribution is 2.25. The topological polar surface area (TPSA) is 99.9 Å². The molecule has 0 unspecified atom stereocenters. The second-order valence-corrected chi connectivity index (χ2v) is 4.56. The average Bonchev–Trinajstić information content (AvgIpc) is 3.09. The van der Waals surface area contributed by atoms with Crippen LogP contribution in [0.1, 0.15) is 5.89 Å². The number of hydrogen-bond donors (Lipinski definition) is 0. The summed E-state index contributed by atoms with van der Waals surface area (Å²) in [6.07, 6.45) is 2.62. The molecule has 9 heteroatoms. The lowest BCUT2D eigenvalue weighted by atomic mass is 10.2. The van der Waals surface area contributed by atoms with E-state index in [0.717, 1.165) is 0 Å². The first-order valence-corrected chi connectivity index (χ1v) is 6.25. The fourth-order valence-corrected chi connectivity index (χ4v) is 1.98. The summed E-state index contributed by atoms with van der Waals surface area (Å²) in [5.41, 5.74) is 0.658. The van der Waals surface area contributed by atoms with E-state index in [1.54, 1.807) is 18.2 Å². The van der Waals surface area contributed by atoms with Gasteiger partial charge in [0, 0.05) is 5.56 Å². The van der Waals surface area contributed by atoms with E-state index >= 15 is 0 Å². The van der Waals surface area contributed by atoms with Crippen LogP contribution in [0, 0.1) is 10.1 Å². The summed E-state index contributed by atoms with van der Waals surface area (Å²) < 4.78 is 6.60. The molecular formula is C12H8ClN5O3. The SMILES string of the molecule is O=[N+]([O-])c1cn(Cc2nc(-c3ccccc3Cl)no2)cn1. The van der Waals surface area contributed by atoms with Gasteiger partial charge in [0.15, 0.2) is 0 Å². The lowest BCUT2D eigenvalue weighted by Crippen LogP contribution is -1.96. The molecule has 0 fully saturated rings. The van der Waals surface area contributed by atoms with Gasteiger partial charge in [0.2, 0.25) is 18.0 Å². The van der Waals surface area contributed by atoms with Crippen molar-refractivity contribution in [3.63, 3.8) is 0 Å². The first-order valence-electron chi connectivity index (χ1n) is 5.87. The summed E-state index contributed by atoms with van der Waals surface area (Å²) in [6, 6.07) is 7.12. The minimum atomic E-state index is -0.570. The zero-order chi connectivity index (χ0) is 14.8. The number of hydrogen-bond acceptors (Lipinski definition) is 6. The predicted molar refractivity (Wildman–Crippen MR) is 72.7 cm³/mol.